The van der Waals surface area contributed by atoms with E-state index in [2.05, 4.69) is 47.3 Å². The normalized spacial score (nSPS) is 22.6. The van der Waals surface area contributed by atoms with Crippen LogP contribution in [0.2, 0.25) is 0 Å². The van der Waals surface area contributed by atoms with Crippen molar-refractivity contribution in [1.82, 2.24) is 10.2 Å². The van der Waals surface area contributed by atoms with Gasteiger partial charge in [-0.3, -0.25) is 4.90 Å². The van der Waals surface area contributed by atoms with E-state index in [0.717, 1.165) is 45.9 Å². The molecule has 0 saturated carbocycles. The van der Waals surface area contributed by atoms with E-state index in [9.17, 15) is 0 Å². The van der Waals surface area contributed by atoms with Crippen LogP contribution in [0.1, 0.15) is 18.1 Å². The molecule has 1 N–H and O–H groups in total. The molecule has 116 valence electrons. The van der Waals surface area contributed by atoms with Gasteiger partial charge in [0, 0.05) is 45.5 Å². The first-order valence-corrected chi connectivity index (χ1v) is 8.14. The molecule has 0 amide bonds. The third-order valence-corrected chi connectivity index (χ3v) is 4.64. The number of hydrogen-bond donors (Lipinski definition) is 1. The lowest BCUT2D eigenvalue weighted by atomic mass is 10.1. The highest BCUT2D eigenvalue weighted by Crippen LogP contribution is 2.27. The van der Waals surface area contributed by atoms with Crippen molar-refractivity contribution in [2.75, 3.05) is 51.3 Å². The van der Waals surface area contributed by atoms with Crippen molar-refractivity contribution >= 4 is 5.69 Å². The van der Waals surface area contributed by atoms with Crippen LogP contribution in [0.15, 0.2) is 18.2 Å². The second kappa shape index (κ2) is 6.77. The Balaban J connectivity index is 1.47. The molecule has 1 saturated heterocycles. The van der Waals surface area contributed by atoms with Gasteiger partial charge in [-0.05, 0) is 30.2 Å². The van der Waals surface area contributed by atoms with E-state index < -0.39 is 0 Å². The standard InChI is InChI=1S/C17H27N3O/c1-3-20-8-9-21-16(13-20)12-18-11-14-4-5-17-15(10-14)6-7-19(17)2/h4-5,10,16,18H,3,6-9,11-13H2,1-2H3. The molecule has 1 fully saturated rings. The maximum absolute atomic E-state index is 5.83. The topological polar surface area (TPSA) is 27.7 Å². The number of nitrogens with one attached hydrogen (secondary N) is 1. The highest BCUT2D eigenvalue weighted by atomic mass is 16.5. The minimum Gasteiger partial charge on any atom is -0.374 e. The van der Waals surface area contributed by atoms with Crippen molar-refractivity contribution in [2.24, 2.45) is 0 Å². The Kier molecular flexibility index (Phi) is 4.78. The van der Waals surface area contributed by atoms with Gasteiger partial charge in [-0.1, -0.05) is 19.1 Å². The van der Waals surface area contributed by atoms with Crippen molar-refractivity contribution in [3.8, 4) is 0 Å². The molecule has 2 heterocycles. The molecule has 0 spiro atoms. The van der Waals surface area contributed by atoms with Gasteiger partial charge in [0.1, 0.15) is 0 Å². The van der Waals surface area contributed by atoms with Gasteiger partial charge in [-0.15, -0.1) is 0 Å². The summed E-state index contributed by atoms with van der Waals surface area (Å²) in [4.78, 5) is 4.79. The number of likely N-dealkylation sites (N-methyl/N-ethyl adjacent to an activating group) is 2. The summed E-state index contributed by atoms with van der Waals surface area (Å²) in [6.07, 6.45) is 1.51. The van der Waals surface area contributed by atoms with Crippen LogP contribution in [0.5, 0.6) is 0 Å². The summed E-state index contributed by atoms with van der Waals surface area (Å²) in [5.41, 5.74) is 4.27. The summed E-state index contributed by atoms with van der Waals surface area (Å²) in [6, 6.07) is 6.86. The highest BCUT2D eigenvalue weighted by molar-refractivity contribution is 5.58. The fourth-order valence-corrected chi connectivity index (χ4v) is 3.30. The lowest BCUT2D eigenvalue weighted by molar-refractivity contribution is -0.0253. The van der Waals surface area contributed by atoms with Crippen molar-refractivity contribution in [3.05, 3.63) is 29.3 Å². The van der Waals surface area contributed by atoms with Crippen LogP contribution >= 0.6 is 0 Å². The first-order chi connectivity index (χ1) is 10.3. The molecule has 4 nitrogen and oxygen atoms in total. The lowest BCUT2D eigenvalue weighted by Gasteiger charge is -2.32. The van der Waals surface area contributed by atoms with Crippen molar-refractivity contribution < 1.29 is 4.74 Å². The largest absolute Gasteiger partial charge is 0.374 e. The van der Waals surface area contributed by atoms with Gasteiger partial charge in [0.2, 0.25) is 0 Å². The summed E-state index contributed by atoms with van der Waals surface area (Å²) in [5.74, 6) is 0. The SMILES string of the molecule is CCN1CCOC(CNCc2ccc3c(c2)CCN3C)C1. The molecular formula is C17H27N3O. The fourth-order valence-electron chi connectivity index (χ4n) is 3.30. The van der Waals surface area contributed by atoms with Crippen molar-refractivity contribution in [3.63, 3.8) is 0 Å². The van der Waals surface area contributed by atoms with E-state index in [1.807, 2.05) is 0 Å². The number of hydrogen-bond acceptors (Lipinski definition) is 4. The summed E-state index contributed by atoms with van der Waals surface area (Å²) in [6.45, 7) is 9.36. The molecule has 1 atom stereocenters. The molecule has 4 heteroatoms. The third-order valence-electron chi connectivity index (χ3n) is 4.64. The molecule has 1 unspecified atom stereocenters. The second-order valence-corrected chi connectivity index (χ2v) is 6.15. The van der Waals surface area contributed by atoms with Gasteiger partial charge in [0.15, 0.2) is 0 Å². The molecule has 0 aliphatic carbocycles. The second-order valence-electron chi connectivity index (χ2n) is 6.15. The van der Waals surface area contributed by atoms with Crippen molar-refractivity contribution in [2.45, 2.75) is 26.0 Å². The number of morpholine rings is 1. The van der Waals surface area contributed by atoms with E-state index in [1.165, 1.54) is 23.2 Å². The lowest BCUT2D eigenvalue weighted by Crippen LogP contribution is -2.46. The van der Waals surface area contributed by atoms with Gasteiger partial charge >= 0.3 is 0 Å². The Hall–Kier alpha value is -1.10. The number of nitrogens with zero attached hydrogens (tertiary/aromatic N) is 2. The Labute approximate surface area is 128 Å². The van der Waals surface area contributed by atoms with E-state index in [-0.39, 0.29) is 0 Å². The van der Waals surface area contributed by atoms with Crippen molar-refractivity contribution in [1.29, 1.82) is 0 Å². The van der Waals surface area contributed by atoms with Gasteiger partial charge in [-0.2, -0.15) is 0 Å². The molecule has 21 heavy (non-hydrogen) atoms. The van der Waals surface area contributed by atoms with Crippen LogP contribution in [0, 0.1) is 0 Å². The Morgan fingerprint density at radius 1 is 1.33 bits per heavy atom. The fraction of sp³-hybridized carbons (Fsp3) is 0.647. The van der Waals surface area contributed by atoms with Crippen LogP contribution < -0.4 is 10.2 Å². The molecule has 2 aliphatic rings. The number of rotatable bonds is 5. The zero-order chi connectivity index (χ0) is 14.7. The molecule has 1 aromatic rings. The van der Waals surface area contributed by atoms with Crippen LogP contribution in [-0.2, 0) is 17.7 Å². The summed E-state index contributed by atoms with van der Waals surface area (Å²) in [7, 11) is 2.17. The molecule has 0 bridgehead atoms. The molecule has 0 aromatic heterocycles. The molecule has 1 aromatic carbocycles. The van der Waals surface area contributed by atoms with E-state index in [4.69, 9.17) is 4.74 Å². The zero-order valence-electron chi connectivity index (χ0n) is 13.3. The third kappa shape index (κ3) is 3.57. The van der Waals surface area contributed by atoms with Crippen LogP contribution in [0.25, 0.3) is 0 Å². The first kappa shape index (κ1) is 14.8. The Bertz CT molecular complexity index is 477. The Morgan fingerprint density at radius 3 is 3.10 bits per heavy atom. The van der Waals surface area contributed by atoms with Crippen LogP contribution in [-0.4, -0.2) is 57.4 Å². The molecule has 2 aliphatic heterocycles. The van der Waals surface area contributed by atoms with Gasteiger partial charge in [0.25, 0.3) is 0 Å². The number of ether oxygens (including phenoxy) is 1. The van der Waals surface area contributed by atoms with Gasteiger partial charge in [-0.25, -0.2) is 0 Å². The summed E-state index contributed by atoms with van der Waals surface area (Å²) >= 11 is 0. The van der Waals surface area contributed by atoms with Gasteiger partial charge < -0.3 is 15.0 Å². The average molecular weight is 289 g/mol. The quantitative estimate of drug-likeness (QED) is 0.889. The zero-order valence-corrected chi connectivity index (χ0v) is 13.3. The maximum Gasteiger partial charge on any atom is 0.0826 e. The number of fused-ring (bicyclic) bond motifs is 1. The maximum atomic E-state index is 5.83. The molecule has 0 radical (unpaired) electrons. The predicted molar refractivity (Wildman–Crippen MR) is 87.0 cm³/mol. The minimum absolute atomic E-state index is 0.333. The van der Waals surface area contributed by atoms with E-state index in [1.54, 1.807) is 0 Å². The Morgan fingerprint density at radius 2 is 2.24 bits per heavy atom. The van der Waals surface area contributed by atoms with Crippen LogP contribution in [0.3, 0.4) is 0 Å². The minimum atomic E-state index is 0.333. The monoisotopic (exact) mass is 289 g/mol. The summed E-state index contributed by atoms with van der Waals surface area (Å²) < 4.78 is 5.83. The van der Waals surface area contributed by atoms with E-state index in [0.29, 0.717) is 6.10 Å². The number of anilines is 1. The number of benzene rings is 1. The predicted octanol–water partition coefficient (Wildman–Crippen LogP) is 1.49. The smallest absolute Gasteiger partial charge is 0.0826 e. The molecule has 3 rings (SSSR count). The molecular weight excluding hydrogens is 262 g/mol. The average Bonchev–Trinajstić information content (AvgIpc) is 2.88. The van der Waals surface area contributed by atoms with Crippen LogP contribution in [0.4, 0.5) is 5.69 Å². The highest BCUT2D eigenvalue weighted by Gasteiger charge is 2.19. The van der Waals surface area contributed by atoms with Gasteiger partial charge in [0.05, 0.1) is 12.7 Å². The summed E-state index contributed by atoms with van der Waals surface area (Å²) in [5, 5.41) is 3.55. The first-order valence-electron chi connectivity index (χ1n) is 8.14. The van der Waals surface area contributed by atoms with E-state index >= 15 is 0 Å².